The van der Waals surface area contributed by atoms with Crippen molar-refractivity contribution in [2.75, 3.05) is 0 Å². The molecule has 0 fully saturated rings. The highest BCUT2D eigenvalue weighted by Gasteiger charge is 2.03. The van der Waals surface area contributed by atoms with E-state index >= 15 is 0 Å². The normalized spacial score (nSPS) is 10.0. The van der Waals surface area contributed by atoms with E-state index < -0.39 is 0 Å². The summed E-state index contributed by atoms with van der Waals surface area (Å²) in [6.07, 6.45) is 1.66. The quantitative estimate of drug-likeness (QED) is 0.426. The molecule has 6 heteroatoms. The third kappa shape index (κ3) is 4.30. The van der Waals surface area contributed by atoms with Crippen molar-refractivity contribution in [3.05, 3.63) is 52.1 Å². The van der Waals surface area contributed by atoms with Crippen LogP contribution in [0.15, 0.2) is 46.5 Å². The maximum Gasteiger partial charge on any atom is 0.0964 e. The van der Waals surface area contributed by atoms with E-state index in [1.54, 1.807) is 24.0 Å². The maximum absolute atomic E-state index is 6.11. The maximum atomic E-state index is 6.11. The van der Waals surface area contributed by atoms with E-state index in [1.165, 1.54) is 0 Å². The Morgan fingerprint density at radius 3 is 2.74 bits per heavy atom. The van der Waals surface area contributed by atoms with Gasteiger partial charge in [-0.3, -0.25) is 0 Å². The molecule has 0 spiro atoms. The van der Waals surface area contributed by atoms with E-state index in [0.29, 0.717) is 15.7 Å². The van der Waals surface area contributed by atoms with Crippen LogP contribution in [-0.4, -0.2) is 10.1 Å². The van der Waals surface area contributed by atoms with Crippen molar-refractivity contribution in [1.82, 2.24) is 4.98 Å². The smallest absolute Gasteiger partial charge is 0.0964 e. The van der Waals surface area contributed by atoms with Gasteiger partial charge in [0.15, 0.2) is 0 Å². The fourth-order valence-corrected chi connectivity index (χ4v) is 2.87. The molecule has 0 aliphatic rings. The summed E-state index contributed by atoms with van der Waals surface area (Å²) in [5.74, 6) is 0.735. The van der Waals surface area contributed by atoms with E-state index in [4.69, 9.17) is 23.2 Å². The molecule has 0 radical (unpaired) electrons. The predicted molar refractivity (Wildman–Crippen MR) is 84.9 cm³/mol. The van der Waals surface area contributed by atoms with Crippen molar-refractivity contribution in [3.63, 3.8) is 0 Å². The lowest BCUT2D eigenvalue weighted by Gasteiger charge is -2.04. The van der Waals surface area contributed by atoms with Gasteiger partial charge >= 0.3 is 0 Å². The number of nitrogens with zero attached hydrogens (tertiary/aromatic N) is 2. The van der Waals surface area contributed by atoms with Crippen LogP contribution in [0.2, 0.25) is 10.0 Å². The Labute approximate surface area is 130 Å². The molecule has 0 aliphatic heterocycles. The molecule has 0 N–H and O–H groups in total. The third-order valence-electron chi connectivity index (χ3n) is 2.29. The number of isothiocyanates is 1. The van der Waals surface area contributed by atoms with Crippen LogP contribution in [0.3, 0.4) is 0 Å². The summed E-state index contributed by atoms with van der Waals surface area (Å²) < 4.78 is 0. The molecular formula is C13H8Cl2N2S2. The average Bonchev–Trinajstić information content (AvgIpc) is 2.40. The summed E-state index contributed by atoms with van der Waals surface area (Å²) in [6, 6.07) is 9.22. The minimum Gasteiger partial charge on any atom is -0.248 e. The van der Waals surface area contributed by atoms with Crippen molar-refractivity contribution in [2.45, 2.75) is 10.8 Å². The number of halogens is 2. The number of hydrogen-bond donors (Lipinski definition) is 0. The molecule has 0 bridgehead atoms. The molecule has 2 rings (SSSR count). The van der Waals surface area contributed by atoms with Gasteiger partial charge in [-0.25, -0.2) is 4.98 Å². The van der Waals surface area contributed by atoms with Gasteiger partial charge in [0.2, 0.25) is 0 Å². The van der Waals surface area contributed by atoms with E-state index in [2.05, 4.69) is 27.4 Å². The van der Waals surface area contributed by atoms with Gasteiger partial charge in [-0.2, -0.15) is 4.99 Å². The topological polar surface area (TPSA) is 25.2 Å². The Bertz CT molecular complexity index is 623. The molecule has 0 atom stereocenters. The van der Waals surface area contributed by atoms with Gasteiger partial charge in [0.25, 0.3) is 0 Å². The van der Waals surface area contributed by atoms with Crippen LogP contribution in [-0.2, 0) is 5.75 Å². The number of rotatable bonds is 4. The van der Waals surface area contributed by atoms with Gasteiger partial charge < -0.3 is 0 Å². The number of aromatic nitrogens is 1. The second kappa shape index (κ2) is 7.04. The highest BCUT2D eigenvalue weighted by atomic mass is 35.5. The van der Waals surface area contributed by atoms with E-state index in [1.807, 2.05) is 24.3 Å². The summed E-state index contributed by atoms with van der Waals surface area (Å²) in [4.78, 5) is 8.12. The van der Waals surface area contributed by atoms with Crippen LogP contribution in [0, 0.1) is 0 Å². The summed E-state index contributed by atoms with van der Waals surface area (Å²) in [5, 5.41) is 4.51. The first-order chi connectivity index (χ1) is 9.19. The monoisotopic (exact) mass is 326 g/mol. The summed E-state index contributed by atoms with van der Waals surface area (Å²) >= 11 is 18.1. The van der Waals surface area contributed by atoms with Gasteiger partial charge in [-0.15, -0.1) is 11.8 Å². The Morgan fingerprint density at radius 1 is 1.26 bits per heavy atom. The van der Waals surface area contributed by atoms with Crippen LogP contribution in [0.5, 0.6) is 0 Å². The molecular weight excluding hydrogens is 319 g/mol. The average molecular weight is 327 g/mol. The third-order valence-corrected chi connectivity index (χ3v) is 3.96. The van der Waals surface area contributed by atoms with E-state index in [9.17, 15) is 0 Å². The molecule has 19 heavy (non-hydrogen) atoms. The Hall–Kier alpha value is -0.900. The zero-order chi connectivity index (χ0) is 13.7. The molecule has 1 aromatic heterocycles. The molecule has 0 saturated carbocycles. The molecule has 0 unspecified atom stereocenters. The summed E-state index contributed by atoms with van der Waals surface area (Å²) in [5.41, 5.74) is 1.72. The van der Waals surface area contributed by atoms with Crippen LogP contribution < -0.4 is 0 Å². The highest BCUT2D eigenvalue weighted by molar-refractivity contribution is 7.98. The van der Waals surface area contributed by atoms with Crippen molar-refractivity contribution in [1.29, 1.82) is 0 Å². The minimum absolute atomic E-state index is 0.638. The van der Waals surface area contributed by atoms with Gasteiger partial charge in [0, 0.05) is 15.8 Å². The summed E-state index contributed by atoms with van der Waals surface area (Å²) in [7, 11) is 0. The second-order valence-electron chi connectivity index (χ2n) is 3.58. The van der Waals surface area contributed by atoms with Crippen LogP contribution in [0.1, 0.15) is 5.56 Å². The zero-order valence-electron chi connectivity index (χ0n) is 9.64. The molecule has 1 heterocycles. The first-order valence-electron chi connectivity index (χ1n) is 5.29. The lowest BCUT2D eigenvalue weighted by molar-refractivity contribution is 1.13. The second-order valence-corrected chi connectivity index (χ2v) is 5.60. The van der Waals surface area contributed by atoms with Crippen LogP contribution >= 0.6 is 47.2 Å². The molecule has 2 aromatic rings. The fraction of sp³-hybridized carbons (Fsp3) is 0.0769. The van der Waals surface area contributed by atoms with Crippen LogP contribution in [0.25, 0.3) is 0 Å². The van der Waals surface area contributed by atoms with Gasteiger partial charge in [0.1, 0.15) is 0 Å². The minimum atomic E-state index is 0.638. The molecule has 96 valence electrons. The van der Waals surface area contributed by atoms with E-state index in [-0.39, 0.29) is 0 Å². The number of benzene rings is 1. The molecule has 1 aromatic carbocycles. The van der Waals surface area contributed by atoms with Crippen molar-refractivity contribution in [3.8, 4) is 0 Å². The number of thioether (sulfide) groups is 1. The fourth-order valence-electron chi connectivity index (χ4n) is 1.37. The number of aliphatic imine (C=N–C) groups is 1. The molecule has 0 amide bonds. The van der Waals surface area contributed by atoms with Gasteiger partial charge in [0.05, 0.1) is 22.1 Å². The first kappa shape index (κ1) is 14.5. The summed E-state index contributed by atoms with van der Waals surface area (Å²) in [6.45, 7) is 0. The van der Waals surface area contributed by atoms with Crippen molar-refractivity contribution >= 4 is 58.0 Å². The molecule has 0 aliphatic carbocycles. The largest absolute Gasteiger partial charge is 0.248 e. The lowest BCUT2D eigenvalue weighted by Crippen LogP contribution is -1.84. The SMILES string of the molecule is S=C=Nc1ccc(SCc2ccc(Cl)cc2Cl)nc1. The standard InChI is InChI=1S/C13H8Cl2N2S2/c14-10-2-1-9(12(15)5-10)7-19-13-4-3-11(6-16-13)17-8-18/h1-6H,7H2. The number of thiocarbonyl (C=S) groups is 1. The van der Waals surface area contributed by atoms with E-state index in [0.717, 1.165) is 16.3 Å². The Kier molecular flexibility index (Phi) is 5.37. The Morgan fingerprint density at radius 2 is 2.11 bits per heavy atom. The predicted octanol–water partition coefficient (Wildman–Crippen LogP) is 5.42. The number of hydrogen-bond acceptors (Lipinski definition) is 4. The van der Waals surface area contributed by atoms with Crippen LogP contribution in [0.4, 0.5) is 5.69 Å². The molecule has 0 saturated heterocycles. The molecule has 2 nitrogen and oxygen atoms in total. The first-order valence-corrected chi connectivity index (χ1v) is 7.44. The lowest BCUT2D eigenvalue weighted by atomic mass is 10.2. The van der Waals surface area contributed by atoms with Crippen molar-refractivity contribution in [2.24, 2.45) is 4.99 Å². The number of pyridine rings is 1. The van der Waals surface area contributed by atoms with Gasteiger partial charge in [-0.1, -0.05) is 29.3 Å². The van der Waals surface area contributed by atoms with Gasteiger partial charge in [-0.05, 0) is 42.0 Å². The van der Waals surface area contributed by atoms with Crippen molar-refractivity contribution < 1.29 is 0 Å². The Balaban J connectivity index is 2.03. The highest BCUT2D eigenvalue weighted by Crippen LogP contribution is 2.28. The zero-order valence-corrected chi connectivity index (χ0v) is 12.8.